The second-order valence-electron chi connectivity index (χ2n) is 6.59. The zero-order valence-electron chi connectivity index (χ0n) is 14.2. The van der Waals surface area contributed by atoms with Crippen molar-refractivity contribution < 1.29 is 14.7 Å². The number of aryl methyl sites for hydroxylation is 1. The number of carbonyl (C=O) groups excluding carboxylic acids is 1. The number of carboxylic acid groups (broad SMARTS) is 1. The van der Waals surface area contributed by atoms with Crippen LogP contribution in [-0.2, 0) is 11.8 Å². The van der Waals surface area contributed by atoms with E-state index in [-0.39, 0.29) is 18.4 Å². The lowest BCUT2D eigenvalue weighted by Gasteiger charge is -2.16. The first-order valence-corrected chi connectivity index (χ1v) is 8.41. The van der Waals surface area contributed by atoms with E-state index in [1.807, 2.05) is 36.4 Å². The Kier molecular flexibility index (Phi) is 3.91. The summed E-state index contributed by atoms with van der Waals surface area (Å²) in [7, 11) is 1.79. The standard InChI is InChI=1S/C19H18N4O3/c1-22-17-8-7-13(9-16(17)20-21-22)18(24)23-10-14(15(11-23)19(25)26)12-5-3-2-4-6-12/h2-9,14-15H,10-11H2,1H3,(H,25,26)/t14-,15+/m0/s1. The summed E-state index contributed by atoms with van der Waals surface area (Å²) in [6, 6.07) is 14.8. The molecule has 7 heteroatoms. The highest BCUT2D eigenvalue weighted by Gasteiger charge is 2.40. The Morgan fingerprint density at radius 1 is 1.12 bits per heavy atom. The number of fused-ring (bicyclic) bond motifs is 1. The Morgan fingerprint density at radius 3 is 2.62 bits per heavy atom. The molecule has 1 saturated heterocycles. The van der Waals surface area contributed by atoms with Crippen LogP contribution in [0.3, 0.4) is 0 Å². The molecule has 7 nitrogen and oxygen atoms in total. The molecule has 0 radical (unpaired) electrons. The van der Waals surface area contributed by atoms with Crippen molar-refractivity contribution in [1.29, 1.82) is 0 Å². The van der Waals surface area contributed by atoms with Crippen LogP contribution in [0.5, 0.6) is 0 Å². The molecular weight excluding hydrogens is 332 g/mol. The number of likely N-dealkylation sites (tertiary alicyclic amines) is 1. The summed E-state index contributed by atoms with van der Waals surface area (Å²) in [6.45, 7) is 0.588. The van der Waals surface area contributed by atoms with Gasteiger partial charge in [-0.15, -0.1) is 5.10 Å². The second kappa shape index (κ2) is 6.25. The summed E-state index contributed by atoms with van der Waals surface area (Å²) in [5.74, 6) is -1.87. The number of aliphatic carboxylic acids is 1. The number of carbonyl (C=O) groups is 2. The minimum absolute atomic E-state index is 0.178. The van der Waals surface area contributed by atoms with Gasteiger partial charge in [0, 0.05) is 31.6 Å². The fourth-order valence-electron chi connectivity index (χ4n) is 3.61. The molecule has 0 saturated carbocycles. The molecule has 2 heterocycles. The maximum atomic E-state index is 12.9. The maximum Gasteiger partial charge on any atom is 0.308 e. The van der Waals surface area contributed by atoms with Crippen LogP contribution in [0, 0.1) is 5.92 Å². The SMILES string of the molecule is Cn1nnc2cc(C(=O)N3C[C@@H](C(=O)O)[C@H](c4ccccc4)C3)ccc21. The Bertz CT molecular complexity index is 983. The van der Waals surface area contributed by atoms with E-state index in [2.05, 4.69) is 10.3 Å². The first-order valence-electron chi connectivity index (χ1n) is 8.41. The molecule has 4 rings (SSSR count). The van der Waals surface area contributed by atoms with Gasteiger partial charge in [-0.05, 0) is 23.8 Å². The van der Waals surface area contributed by atoms with Crippen molar-refractivity contribution in [1.82, 2.24) is 19.9 Å². The summed E-state index contributed by atoms with van der Waals surface area (Å²) in [4.78, 5) is 26.2. The summed E-state index contributed by atoms with van der Waals surface area (Å²) in [5, 5.41) is 17.6. The minimum Gasteiger partial charge on any atom is -0.481 e. The topological polar surface area (TPSA) is 88.3 Å². The van der Waals surface area contributed by atoms with Crippen LogP contribution in [0.15, 0.2) is 48.5 Å². The van der Waals surface area contributed by atoms with Gasteiger partial charge in [0.05, 0.1) is 11.4 Å². The summed E-state index contributed by atoms with van der Waals surface area (Å²) in [6.07, 6.45) is 0. The van der Waals surface area contributed by atoms with Gasteiger partial charge in [-0.3, -0.25) is 9.59 Å². The summed E-state index contributed by atoms with van der Waals surface area (Å²) >= 11 is 0. The van der Waals surface area contributed by atoms with Crippen molar-refractivity contribution in [3.8, 4) is 0 Å². The van der Waals surface area contributed by atoms with Crippen LogP contribution in [0.4, 0.5) is 0 Å². The molecule has 1 fully saturated rings. The lowest BCUT2D eigenvalue weighted by Crippen LogP contribution is -2.29. The number of hydrogen-bond donors (Lipinski definition) is 1. The predicted molar refractivity (Wildman–Crippen MR) is 94.7 cm³/mol. The lowest BCUT2D eigenvalue weighted by molar-refractivity contribution is -0.141. The van der Waals surface area contributed by atoms with Crippen molar-refractivity contribution in [3.05, 3.63) is 59.7 Å². The smallest absolute Gasteiger partial charge is 0.308 e. The third-order valence-corrected chi connectivity index (χ3v) is 5.01. The molecule has 2 aromatic carbocycles. The van der Waals surface area contributed by atoms with Crippen molar-refractivity contribution in [3.63, 3.8) is 0 Å². The van der Waals surface area contributed by atoms with Gasteiger partial charge in [-0.1, -0.05) is 35.5 Å². The first-order chi connectivity index (χ1) is 12.5. The Balaban J connectivity index is 1.62. The van der Waals surface area contributed by atoms with Crippen molar-refractivity contribution in [2.75, 3.05) is 13.1 Å². The molecular formula is C19H18N4O3. The van der Waals surface area contributed by atoms with Crippen LogP contribution < -0.4 is 0 Å². The molecule has 3 aromatic rings. The van der Waals surface area contributed by atoms with Crippen LogP contribution in [0.2, 0.25) is 0 Å². The average molecular weight is 350 g/mol. The average Bonchev–Trinajstić information content (AvgIpc) is 3.26. The number of aromatic nitrogens is 3. The zero-order chi connectivity index (χ0) is 18.3. The fraction of sp³-hybridized carbons (Fsp3) is 0.263. The van der Waals surface area contributed by atoms with Crippen molar-refractivity contribution in [2.45, 2.75) is 5.92 Å². The van der Waals surface area contributed by atoms with E-state index in [0.29, 0.717) is 17.6 Å². The Hall–Kier alpha value is -3.22. The number of amides is 1. The molecule has 0 aliphatic carbocycles. The van der Waals surface area contributed by atoms with Crippen LogP contribution in [0.1, 0.15) is 21.8 Å². The van der Waals surface area contributed by atoms with Crippen molar-refractivity contribution >= 4 is 22.9 Å². The largest absolute Gasteiger partial charge is 0.481 e. The quantitative estimate of drug-likeness (QED) is 0.779. The molecule has 0 unspecified atom stereocenters. The minimum atomic E-state index is -0.876. The summed E-state index contributed by atoms with van der Waals surface area (Å²) < 4.78 is 1.64. The van der Waals surface area contributed by atoms with E-state index in [4.69, 9.17) is 0 Å². The molecule has 0 bridgehead atoms. The molecule has 1 aliphatic rings. The van der Waals surface area contributed by atoms with E-state index in [0.717, 1.165) is 11.1 Å². The van der Waals surface area contributed by atoms with Crippen LogP contribution in [0.25, 0.3) is 11.0 Å². The summed E-state index contributed by atoms with van der Waals surface area (Å²) in [5.41, 5.74) is 2.93. The highest BCUT2D eigenvalue weighted by Crippen LogP contribution is 2.33. The van der Waals surface area contributed by atoms with Gasteiger partial charge in [-0.2, -0.15) is 0 Å². The number of hydrogen-bond acceptors (Lipinski definition) is 4. The zero-order valence-corrected chi connectivity index (χ0v) is 14.2. The van der Waals surface area contributed by atoms with Crippen LogP contribution >= 0.6 is 0 Å². The van der Waals surface area contributed by atoms with E-state index in [9.17, 15) is 14.7 Å². The van der Waals surface area contributed by atoms with Crippen molar-refractivity contribution in [2.24, 2.45) is 13.0 Å². The van der Waals surface area contributed by atoms with E-state index in [1.54, 1.807) is 28.8 Å². The molecule has 1 aliphatic heterocycles. The first kappa shape index (κ1) is 16.3. The molecule has 132 valence electrons. The van der Waals surface area contributed by atoms with Gasteiger partial charge in [0.25, 0.3) is 5.91 Å². The molecule has 1 amide bonds. The Labute approximate surface area is 149 Å². The monoisotopic (exact) mass is 350 g/mol. The second-order valence-corrected chi connectivity index (χ2v) is 6.59. The highest BCUT2D eigenvalue weighted by atomic mass is 16.4. The predicted octanol–water partition coefficient (Wildman–Crippen LogP) is 1.91. The number of nitrogens with zero attached hydrogens (tertiary/aromatic N) is 4. The lowest BCUT2D eigenvalue weighted by atomic mass is 9.89. The normalized spacial score (nSPS) is 19.8. The number of rotatable bonds is 3. The number of benzene rings is 2. The maximum absolute atomic E-state index is 12.9. The third-order valence-electron chi connectivity index (χ3n) is 5.01. The highest BCUT2D eigenvalue weighted by molar-refractivity contribution is 5.97. The Morgan fingerprint density at radius 2 is 1.88 bits per heavy atom. The van der Waals surface area contributed by atoms with Crippen LogP contribution in [-0.4, -0.2) is 50.0 Å². The van der Waals surface area contributed by atoms with Gasteiger partial charge in [0.1, 0.15) is 5.52 Å². The van der Waals surface area contributed by atoms with E-state index < -0.39 is 11.9 Å². The van der Waals surface area contributed by atoms with Gasteiger partial charge >= 0.3 is 5.97 Å². The van der Waals surface area contributed by atoms with Gasteiger partial charge in [0.15, 0.2) is 0 Å². The van der Waals surface area contributed by atoms with E-state index >= 15 is 0 Å². The molecule has 2 atom stereocenters. The van der Waals surface area contributed by atoms with Gasteiger partial charge in [0.2, 0.25) is 0 Å². The fourth-order valence-corrected chi connectivity index (χ4v) is 3.61. The van der Waals surface area contributed by atoms with Gasteiger partial charge < -0.3 is 10.0 Å². The molecule has 26 heavy (non-hydrogen) atoms. The molecule has 1 aromatic heterocycles. The molecule has 1 N–H and O–H groups in total. The third kappa shape index (κ3) is 2.71. The van der Waals surface area contributed by atoms with Gasteiger partial charge in [-0.25, -0.2) is 4.68 Å². The molecule has 0 spiro atoms. The van der Waals surface area contributed by atoms with E-state index in [1.165, 1.54) is 0 Å². The number of carboxylic acids is 1.